The summed E-state index contributed by atoms with van der Waals surface area (Å²) in [5, 5.41) is 3.47. The van der Waals surface area contributed by atoms with Gasteiger partial charge in [-0.05, 0) is 52.9 Å². The Balaban J connectivity index is 2.48. The third-order valence-corrected chi connectivity index (χ3v) is 2.95. The minimum Gasteiger partial charge on any atom is -0.316 e. The molecule has 1 rings (SSSR count). The highest BCUT2D eigenvalue weighted by atomic mass is 79.9. The van der Waals surface area contributed by atoms with Crippen LogP contribution in [-0.4, -0.2) is 18.1 Å². The van der Waals surface area contributed by atoms with Gasteiger partial charge in [0, 0.05) is 22.9 Å². The van der Waals surface area contributed by atoms with Gasteiger partial charge in [-0.1, -0.05) is 20.8 Å². The second-order valence-corrected chi connectivity index (χ2v) is 5.90. The van der Waals surface area contributed by atoms with Crippen molar-refractivity contribution >= 4 is 15.9 Å². The van der Waals surface area contributed by atoms with Crippen molar-refractivity contribution in [1.82, 2.24) is 10.3 Å². The van der Waals surface area contributed by atoms with E-state index in [1.807, 2.05) is 6.20 Å². The van der Waals surface area contributed by atoms with Gasteiger partial charge in [0.15, 0.2) is 0 Å². The molecule has 0 radical (unpaired) electrons. The standard InChI is InChI=1S/C13H21BrN2/c1-4-7-15-10-13(2,3)8-12-6-5-11(14)9-16-12/h5-6,9,15H,4,7-8,10H2,1-3H3. The van der Waals surface area contributed by atoms with E-state index in [-0.39, 0.29) is 5.41 Å². The van der Waals surface area contributed by atoms with Crippen LogP contribution in [0.15, 0.2) is 22.8 Å². The van der Waals surface area contributed by atoms with Gasteiger partial charge in [-0.15, -0.1) is 0 Å². The smallest absolute Gasteiger partial charge is 0.0413 e. The van der Waals surface area contributed by atoms with Crippen molar-refractivity contribution in [3.63, 3.8) is 0 Å². The molecule has 0 aliphatic rings. The van der Waals surface area contributed by atoms with Gasteiger partial charge in [-0.3, -0.25) is 4.98 Å². The van der Waals surface area contributed by atoms with Crippen LogP contribution in [0.1, 0.15) is 32.9 Å². The average Bonchev–Trinajstić information content (AvgIpc) is 2.21. The van der Waals surface area contributed by atoms with Crippen molar-refractivity contribution < 1.29 is 0 Å². The number of hydrogen-bond donors (Lipinski definition) is 1. The van der Waals surface area contributed by atoms with Crippen molar-refractivity contribution in [2.45, 2.75) is 33.6 Å². The molecule has 0 aliphatic carbocycles. The van der Waals surface area contributed by atoms with Gasteiger partial charge < -0.3 is 5.32 Å². The van der Waals surface area contributed by atoms with Crippen LogP contribution >= 0.6 is 15.9 Å². The number of aromatic nitrogens is 1. The lowest BCUT2D eigenvalue weighted by Gasteiger charge is -2.24. The van der Waals surface area contributed by atoms with E-state index >= 15 is 0 Å². The van der Waals surface area contributed by atoms with E-state index in [1.54, 1.807) is 0 Å². The first-order chi connectivity index (χ1) is 7.53. The number of hydrogen-bond acceptors (Lipinski definition) is 2. The number of rotatable bonds is 6. The van der Waals surface area contributed by atoms with Crippen molar-refractivity contribution in [3.05, 3.63) is 28.5 Å². The Bertz CT molecular complexity index is 306. The van der Waals surface area contributed by atoms with E-state index in [2.05, 4.69) is 59.1 Å². The highest BCUT2D eigenvalue weighted by Gasteiger charge is 2.18. The Morgan fingerprint density at radius 3 is 2.69 bits per heavy atom. The molecule has 1 heterocycles. The van der Waals surface area contributed by atoms with Crippen molar-refractivity contribution in [1.29, 1.82) is 0 Å². The van der Waals surface area contributed by atoms with E-state index in [4.69, 9.17) is 0 Å². The zero-order chi connectivity index (χ0) is 12.0. The largest absolute Gasteiger partial charge is 0.316 e. The van der Waals surface area contributed by atoms with E-state index < -0.39 is 0 Å². The van der Waals surface area contributed by atoms with Crippen LogP contribution in [0, 0.1) is 5.41 Å². The molecule has 0 aromatic carbocycles. The van der Waals surface area contributed by atoms with E-state index in [0.29, 0.717) is 0 Å². The zero-order valence-electron chi connectivity index (χ0n) is 10.4. The van der Waals surface area contributed by atoms with Gasteiger partial charge in [0.2, 0.25) is 0 Å². The van der Waals surface area contributed by atoms with E-state index in [1.165, 1.54) is 6.42 Å². The molecule has 1 aromatic rings. The molecule has 0 unspecified atom stereocenters. The molecule has 0 saturated carbocycles. The SMILES string of the molecule is CCCNCC(C)(C)Cc1ccc(Br)cn1. The second-order valence-electron chi connectivity index (χ2n) is 4.99. The summed E-state index contributed by atoms with van der Waals surface area (Å²) in [7, 11) is 0. The average molecular weight is 285 g/mol. The van der Waals surface area contributed by atoms with Gasteiger partial charge >= 0.3 is 0 Å². The Hall–Kier alpha value is -0.410. The first-order valence-electron chi connectivity index (χ1n) is 5.85. The molecule has 90 valence electrons. The van der Waals surface area contributed by atoms with Gasteiger partial charge in [0.1, 0.15) is 0 Å². The van der Waals surface area contributed by atoms with Gasteiger partial charge in [0.25, 0.3) is 0 Å². The summed E-state index contributed by atoms with van der Waals surface area (Å²) in [4.78, 5) is 4.42. The quantitative estimate of drug-likeness (QED) is 0.810. The maximum Gasteiger partial charge on any atom is 0.0413 e. The number of halogens is 1. The van der Waals surface area contributed by atoms with E-state index in [9.17, 15) is 0 Å². The zero-order valence-corrected chi connectivity index (χ0v) is 12.0. The van der Waals surface area contributed by atoms with Crippen LogP contribution in [0.25, 0.3) is 0 Å². The Morgan fingerprint density at radius 2 is 2.12 bits per heavy atom. The Kier molecular flexibility index (Phi) is 5.42. The molecule has 16 heavy (non-hydrogen) atoms. The maximum atomic E-state index is 4.42. The summed E-state index contributed by atoms with van der Waals surface area (Å²) >= 11 is 3.40. The van der Waals surface area contributed by atoms with Crippen molar-refractivity contribution in [3.8, 4) is 0 Å². The van der Waals surface area contributed by atoms with Gasteiger partial charge in [-0.25, -0.2) is 0 Å². The van der Waals surface area contributed by atoms with Crippen LogP contribution in [0.3, 0.4) is 0 Å². The first-order valence-corrected chi connectivity index (χ1v) is 6.64. The summed E-state index contributed by atoms with van der Waals surface area (Å²) in [6, 6.07) is 4.14. The van der Waals surface area contributed by atoms with Crippen LogP contribution in [-0.2, 0) is 6.42 Å². The van der Waals surface area contributed by atoms with E-state index in [0.717, 1.165) is 29.7 Å². The molecular weight excluding hydrogens is 264 g/mol. The van der Waals surface area contributed by atoms with Crippen LogP contribution in [0.2, 0.25) is 0 Å². The second kappa shape index (κ2) is 6.36. The highest BCUT2D eigenvalue weighted by molar-refractivity contribution is 9.10. The summed E-state index contributed by atoms with van der Waals surface area (Å²) < 4.78 is 1.04. The molecule has 3 heteroatoms. The first kappa shape index (κ1) is 13.7. The number of nitrogens with one attached hydrogen (secondary N) is 1. The summed E-state index contributed by atoms with van der Waals surface area (Å²) in [6.07, 6.45) is 4.06. The summed E-state index contributed by atoms with van der Waals surface area (Å²) in [6.45, 7) is 8.88. The monoisotopic (exact) mass is 284 g/mol. The lowest BCUT2D eigenvalue weighted by molar-refractivity contribution is 0.335. The lowest BCUT2D eigenvalue weighted by Crippen LogP contribution is -2.31. The molecule has 0 aliphatic heterocycles. The minimum atomic E-state index is 0.260. The third-order valence-electron chi connectivity index (χ3n) is 2.48. The molecule has 0 atom stereocenters. The molecule has 0 saturated heterocycles. The predicted octanol–water partition coefficient (Wildman–Crippen LogP) is 3.41. The molecule has 2 nitrogen and oxygen atoms in total. The fourth-order valence-corrected chi connectivity index (χ4v) is 1.90. The Morgan fingerprint density at radius 1 is 1.38 bits per heavy atom. The maximum absolute atomic E-state index is 4.42. The van der Waals surface area contributed by atoms with Crippen molar-refractivity contribution in [2.24, 2.45) is 5.41 Å². The summed E-state index contributed by atoms with van der Waals surface area (Å²) in [5.41, 5.74) is 1.42. The molecule has 0 spiro atoms. The normalized spacial score (nSPS) is 11.8. The lowest BCUT2D eigenvalue weighted by atomic mass is 9.87. The topological polar surface area (TPSA) is 24.9 Å². The Labute approximate surface area is 107 Å². The molecule has 0 fully saturated rings. The number of nitrogens with zero attached hydrogens (tertiary/aromatic N) is 1. The third kappa shape index (κ3) is 5.08. The molecule has 0 bridgehead atoms. The van der Waals surface area contributed by atoms with Gasteiger partial charge in [0.05, 0.1) is 0 Å². The molecule has 0 amide bonds. The minimum absolute atomic E-state index is 0.260. The van der Waals surface area contributed by atoms with Gasteiger partial charge in [-0.2, -0.15) is 0 Å². The predicted molar refractivity (Wildman–Crippen MR) is 72.6 cm³/mol. The highest BCUT2D eigenvalue weighted by Crippen LogP contribution is 2.20. The number of pyridine rings is 1. The fourth-order valence-electron chi connectivity index (χ4n) is 1.67. The fraction of sp³-hybridized carbons (Fsp3) is 0.615. The van der Waals surface area contributed by atoms with Crippen LogP contribution in [0.5, 0.6) is 0 Å². The molecule has 1 N–H and O–H groups in total. The molecule has 1 aromatic heterocycles. The summed E-state index contributed by atoms with van der Waals surface area (Å²) in [5.74, 6) is 0. The van der Waals surface area contributed by atoms with Crippen molar-refractivity contribution in [2.75, 3.05) is 13.1 Å². The molecular formula is C13H21BrN2. The van der Waals surface area contributed by atoms with Crippen LogP contribution in [0.4, 0.5) is 0 Å². The van der Waals surface area contributed by atoms with Crippen LogP contribution < -0.4 is 5.32 Å².